The number of tetrazole rings is 1. The number of aromatic nitrogens is 4. The van der Waals surface area contributed by atoms with Crippen molar-refractivity contribution in [3.05, 3.63) is 89.4 Å². The van der Waals surface area contributed by atoms with E-state index >= 15 is 0 Å². The maximum absolute atomic E-state index is 13.9. The second-order valence-corrected chi connectivity index (χ2v) is 10.1. The summed E-state index contributed by atoms with van der Waals surface area (Å²) < 4.78 is 5.29. The van der Waals surface area contributed by atoms with E-state index in [2.05, 4.69) is 20.7 Å². The number of halogens is 1. The van der Waals surface area contributed by atoms with Gasteiger partial charge in [0.05, 0.1) is 7.11 Å². The van der Waals surface area contributed by atoms with E-state index in [4.69, 9.17) is 16.3 Å². The summed E-state index contributed by atoms with van der Waals surface area (Å²) in [4.78, 5) is 30.3. The van der Waals surface area contributed by atoms with Crippen LogP contribution in [0, 0.1) is 0 Å². The molecule has 196 valence electrons. The molecular weight excluding hydrogens is 504 g/mol. The minimum atomic E-state index is -0.964. The highest BCUT2D eigenvalue weighted by atomic mass is 35.5. The van der Waals surface area contributed by atoms with Gasteiger partial charge < -0.3 is 10.1 Å². The number of hydrogen-bond donors (Lipinski definition) is 1. The Kier molecular flexibility index (Phi) is 8.07. The average Bonchev–Trinajstić information content (AvgIpc) is 3.35. The van der Waals surface area contributed by atoms with E-state index in [9.17, 15) is 9.59 Å². The highest BCUT2D eigenvalue weighted by Gasteiger charge is 2.34. The summed E-state index contributed by atoms with van der Waals surface area (Å²) in [5.41, 5.74) is 1.38. The minimum absolute atomic E-state index is 0.231. The Hall–Kier alpha value is -4.24. The molecule has 0 radical (unpaired) electrons. The summed E-state index contributed by atoms with van der Waals surface area (Å²) in [5.74, 6) is 0.287. The van der Waals surface area contributed by atoms with Crippen LogP contribution in [0.4, 0.5) is 5.69 Å². The summed E-state index contributed by atoms with van der Waals surface area (Å²) in [6, 6.07) is 22.2. The fraction of sp³-hybridized carbons (Fsp3) is 0.250. The van der Waals surface area contributed by atoms with Gasteiger partial charge in [-0.1, -0.05) is 41.9 Å². The van der Waals surface area contributed by atoms with Crippen LogP contribution in [0.1, 0.15) is 32.4 Å². The molecule has 4 aromatic rings. The number of nitrogens with zero attached hydrogens (tertiary/aromatic N) is 5. The Morgan fingerprint density at radius 2 is 1.66 bits per heavy atom. The van der Waals surface area contributed by atoms with Crippen molar-refractivity contribution < 1.29 is 14.3 Å². The maximum Gasteiger partial charge on any atom is 0.251 e. The molecule has 0 aliphatic carbocycles. The van der Waals surface area contributed by atoms with Crippen molar-refractivity contribution in [3.63, 3.8) is 0 Å². The van der Waals surface area contributed by atoms with Gasteiger partial charge in [0.1, 0.15) is 18.3 Å². The van der Waals surface area contributed by atoms with Crippen molar-refractivity contribution in [2.75, 3.05) is 12.0 Å². The number of methoxy groups -OCH3 is 1. The van der Waals surface area contributed by atoms with Gasteiger partial charge in [0, 0.05) is 21.8 Å². The predicted octanol–water partition coefficient (Wildman–Crippen LogP) is 4.69. The van der Waals surface area contributed by atoms with Gasteiger partial charge in [0.15, 0.2) is 0 Å². The fourth-order valence-corrected chi connectivity index (χ4v) is 4.02. The Morgan fingerprint density at radius 3 is 2.26 bits per heavy atom. The van der Waals surface area contributed by atoms with Gasteiger partial charge in [0.25, 0.3) is 5.91 Å². The SMILES string of the molecule is COc1ccc([C@H](C(=O)NC(C)(C)C)N(C(=O)Cn2nnc(-c3ccc(Cl)cc3)n2)c2ccccc2)cc1. The Morgan fingerprint density at radius 1 is 1.00 bits per heavy atom. The predicted molar refractivity (Wildman–Crippen MR) is 146 cm³/mol. The topological polar surface area (TPSA) is 102 Å². The molecule has 1 atom stereocenters. The standard InChI is InChI=1S/C28H29ClN6O3/c1-28(2,3)30-27(37)25(19-12-16-23(38-4)17-13-19)35(22-8-6-5-7-9-22)24(36)18-34-32-26(31-33-34)20-10-14-21(29)15-11-20/h5-17,25H,18H2,1-4H3,(H,30,37)/t25-/m1/s1. The van der Waals surface area contributed by atoms with Crippen molar-refractivity contribution in [3.8, 4) is 17.1 Å². The van der Waals surface area contributed by atoms with Crippen LogP contribution in [0.25, 0.3) is 11.4 Å². The van der Waals surface area contributed by atoms with Crippen LogP contribution < -0.4 is 15.0 Å². The molecule has 0 fully saturated rings. The van der Waals surface area contributed by atoms with Crippen LogP contribution in [-0.2, 0) is 16.1 Å². The number of rotatable bonds is 8. The molecule has 10 heteroatoms. The molecule has 0 saturated heterocycles. The first kappa shape index (κ1) is 26.8. The van der Waals surface area contributed by atoms with Crippen LogP contribution in [0.3, 0.4) is 0 Å². The summed E-state index contributed by atoms with van der Waals surface area (Å²) in [6.07, 6.45) is 0. The molecule has 1 N–H and O–H groups in total. The molecule has 0 aliphatic heterocycles. The van der Waals surface area contributed by atoms with E-state index in [0.29, 0.717) is 33.4 Å². The lowest BCUT2D eigenvalue weighted by Gasteiger charge is -2.33. The molecule has 0 bridgehead atoms. The van der Waals surface area contributed by atoms with Gasteiger partial charge in [0.2, 0.25) is 11.7 Å². The zero-order valence-corrected chi connectivity index (χ0v) is 22.4. The number of carbonyl (C=O) groups is 2. The molecule has 0 unspecified atom stereocenters. The molecule has 1 heterocycles. The van der Waals surface area contributed by atoms with E-state index in [1.807, 2.05) is 39.0 Å². The lowest BCUT2D eigenvalue weighted by atomic mass is 10.0. The van der Waals surface area contributed by atoms with Gasteiger partial charge in [-0.05, 0) is 80.1 Å². The molecule has 0 aliphatic rings. The second-order valence-electron chi connectivity index (χ2n) is 9.66. The number of amides is 2. The number of nitrogens with one attached hydrogen (secondary N) is 1. The van der Waals surface area contributed by atoms with Crippen molar-refractivity contribution in [1.82, 2.24) is 25.5 Å². The summed E-state index contributed by atoms with van der Waals surface area (Å²) in [7, 11) is 1.57. The molecule has 3 aromatic carbocycles. The van der Waals surface area contributed by atoms with Crippen LogP contribution in [-0.4, -0.2) is 44.7 Å². The molecule has 1 aromatic heterocycles. The number of benzene rings is 3. The van der Waals surface area contributed by atoms with Gasteiger partial charge in [-0.25, -0.2) is 0 Å². The molecule has 0 spiro atoms. The molecule has 9 nitrogen and oxygen atoms in total. The molecule has 2 amide bonds. The first-order valence-corrected chi connectivity index (χ1v) is 12.4. The first-order chi connectivity index (χ1) is 18.1. The summed E-state index contributed by atoms with van der Waals surface area (Å²) in [5, 5.41) is 16.1. The third-order valence-corrected chi connectivity index (χ3v) is 5.82. The van der Waals surface area contributed by atoms with Gasteiger partial charge >= 0.3 is 0 Å². The molecule has 4 rings (SSSR count). The smallest absolute Gasteiger partial charge is 0.251 e. The normalized spacial score (nSPS) is 12.0. The van der Waals surface area contributed by atoms with E-state index in [0.717, 1.165) is 0 Å². The van der Waals surface area contributed by atoms with Crippen LogP contribution >= 0.6 is 11.6 Å². The van der Waals surface area contributed by atoms with Crippen LogP contribution in [0.2, 0.25) is 5.02 Å². The molecular formula is C28H29ClN6O3. The summed E-state index contributed by atoms with van der Waals surface area (Å²) >= 11 is 5.98. The monoisotopic (exact) mass is 532 g/mol. The number of hydrogen-bond acceptors (Lipinski definition) is 6. The minimum Gasteiger partial charge on any atom is -0.497 e. The zero-order chi connectivity index (χ0) is 27.3. The molecule has 0 saturated carbocycles. The van der Waals surface area contributed by atoms with Crippen LogP contribution in [0.15, 0.2) is 78.9 Å². The average molecular weight is 533 g/mol. The third kappa shape index (κ3) is 6.54. The Labute approximate surface area is 226 Å². The van der Waals surface area contributed by atoms with Gasteiger partial charge in [-0.3, -0.25) is 14.5 Å². The van der Waals surface area contributed by atoms with E-state index < -0.39 is 11.6 Å². The zero-order valence-electron chi connectivity index (χ0n) is 21.6. The number of carbonyl (C=O) groups excluding carboxylic acids is 2. The van der Waals surface area contributed by atoms with E-state index in [1.165, 1.54) is 9.70 Å². The van der Waals surface area contributed by atoms with Crippen LogP contribution in [0.5, 0.6) is 5.75 Å². The van der Waals surface area contributed by atoms with Gasteiger partial charge in [-0.15, -0.1) is 10.2 Å². The number of anilines is 1. The van der Waals surface area contributed by atoms with E-state index in [1.54, 1.807) is 67.8 Å². The van der Waals surface area contributed by atoms with Crippen molar-refractivity contribution in [1.29, 1.82) is 0 Å². The number of para-hydroxylation sites is 1. The lowest BCUT2D eigenvalue weighted by molar-refractivity contribution is -0.128. The quantitative estimate of drug-likeness (QED) is 0.353. The van der Waals surface area contributed by atoms with Crippen molar-refractivity contribution in [2.45, 2.75) is 38.9 Å². The Balaban J connectivity index is 1.72. The van der Waals surface area contributed by atoms with E-state index in [-0.39, 0.29) is 18.4 Å². The second kappa shape index (κ2) is 11.4. The Bertz CT molecular complexity index is 1380. The summed E-state index contributed by atoms with van der Waals surface area (Å²) in [6.45, 7) is 5.44. The fourth-order valence-electron chi connectivity index (χ4n) is 3.89. The van der Waals surface area contributed by atoms with Gasteiger partial charge in [-0.2, -0.15) is 4.80 Å². The third-order valence-electron chi connectivity index (χ3n) is 5.57. The van der Waals surface area contributed by atoms with Crippen molar-refractivity contribution in [2.24, 2.45) is 0 Å². The maximum atomic E-state index is 13.9. The number of ether oxygens (including phenoxy) is 1. The highest BCUT2D eigenvalue weighted by molar-refractivity contribution is 6.30. The highest BCUT2D eigenvalue weighted by Crippen LogP contribution is 2.30. The largest absolute Gasteiger partial charge is 0.497 e. The first-order valence-electron chi connectivity index (χ1n) is 12.0. The van der Waals surface area contributed by atoms with Crippen molar-refractivity contribution >= 4 is 29.1 Å². The lowest BCUT2D eigenvalue weighted by Crippen LogP contribution is -2.50. The molecule has 38 heavy (non-hydrogen) atoms.